The lowest BCUT2D eigenvalue weighted by Gasteiger charge is -2.42. The van der Waals surface area contributed by atoms with Crippen LogP contribution in [-0.2, 0) is 14.2 Å². The Bertz CT molecular complexity index is 1340. The fourth-order valence-corrected chi connectivity index (χ4v) is 5.07. The van der Waals surface area contributed by atoms with Gasteiger partial charge in [-0.15, -0.1) is 0 Å². The van der Waals surface area contributed by atoms with Gasteiger partial charge in [-0.25, -0.2) is 0 Å². The average Bonchev–Trinajstić information content (AvgIpc) is 2.97. The fourth-order valence-electron chi connectivity index (χ4n) is 5.07. The third-order valence-electron chi connectivity index (χ3n) is 7.59. The summed E-state index contributed by atoms with van der Waals surface area (Å²) in [4.78, 5) is 12.9. The largest absolute Gasteiger partial charge is 0.507 e. The number of rotatable bonds is 6. The van der Waals surface area contributed by atoms with Crippen LogP contribution in [0.5, 0.6) is 28.7 Å². The maximum atomic E-state index is 12.9. The van der Waals surface area contributed by atoms with Gasteiger partial charge in [-0.05, 0) is 24.6 Å². The molecule has 0 amide bonds. The first-order valence-electron chi connectivity index (χ1n) is 13.2. The number of hydrogen-bond donors (Lipinski definition) is 10. The number of ether oxygens (including phenoxy) is 5. The van der Waals surface area contributed by atoms with E-state index >= 15 is 0 Å². The number of hydrogen-bond acceptors (Lipinski definition) is 16. The topological polar surface area (TPSA) is 266 Å². The molecular weight excluding hydrogens is 580 g/mol. The Hall–Kier alpha value is -3.29. The Morgan fingerprint density at radius 1 is 0.744 bits per heavy atom. The summed E-state index contributed by atoms with van der Waals surface area (Å²) >= 11 is 0. The zero-order chi connectivity index (χ0) is 31.3. The zero-order valence-electron chi connectivity index (χ0n) is 22.4. The number of aromatic hydroxyl groups is 3. The second kappa shape index (κ2) is 12.0. The van der Waals surface area contributed by atoms with E-state index < -0.39 is 103 Å². The second-order valence-corrected chi connectivity index (χ2v) is 10.6. The van der Waals surface area contributed by atoms with E-state index in [1.807, 2.05) is 0 Å². The van der Waals surface area contributed by atoms with Gasteiger partial charge < -0.3 is 74.7 Å². The minimum Gasteiger partial charge on any atom is -0.507 e. The van der Waals surface area contributed by atoms with E-state index in [-0.39, 0.29) is 22.6 Å². The summed E-state index contributed by atoms with van der Waals surface area (Å²) in [5.74, 6) is -3.00. The third-order valence-corrected chi connectivity index (χ3v) is 7.59. The van der Waals surface area contributed by atoms with Crippen LogP contribution >= 0.6 is 0 Å². The van der Waals surface area contributed by atoms with Crippen LogP contribution in [-0.4, -0.2) is 131 Å². The standard InChI is InChI=1S/C27H32O16/c1-8-17(31)20(34)23(37)26(40-8)39-7-15-18(32)21(35)24(38)27(43-15)41-10-5-13(30)16-14(6-10)42-25(22(36)19(16)33)9-2-3-11(28)12(29)4-9/h2-6,8,15,17-18,20-32,34-38H,7H2,1H3/t8-,15-,17-,18-,20-,21+,22-,23+,24-,25+,26+,27-/m1/s1. The molecule has 43 heavy (non-hydrogen) atoms. The van der Waals surface area contributed by atoms with Crippen LogP contribution in [0, 0.1) is 0 Å². The van der Waals surface area contributed by atoms with Crippen molar-refractivity contribution in [3.8, 4) is 28.7 Å². The van der Waals surface area contributed by atoms with E-state index in [2.05, 4.69) is 0 Å². The van der Waals surface area contributed by atoms with Crippen molar-refractivity contribution in [1.82, 2.24) is 0 Å². The lowest BCUT2D eigenvalue weighted by atomic mass is 9.92. The fraction of sp³-hybridized carbons (Fsp3) is 0.519. The van der Waals surface area contributed by atoms with E-state index in [1.165, 1.54) is 13.0 Å². The molecule has 0 radical (unpaired) electrons. The van der Waals surface area contributed by atoms with Crippen molar-refractivity contribution in [2.45, 2.75) is 80.5 Å². The molecule has 2 aromatic rings. The molecule has 3 heterocycles. The molecule has 0 aliphatic carbocycles. The number of benzene rings is 2. The Kier molecular flexibility index (Phi) is 8.70. The number of aliphatic hydroxyl groups excluding tert-OH is 7. The normalized spacial score (nSPS) is 37.8. The number of aliphatic hydroxyl groups is 7. The minimum atomic E-state index is -1.82. The highest BCUT2D eigenvalue weighted by molar-refractivity contribution is 6.05. The number of phenols is 3. The van der Waals surface area contributed by atoms with Gasteiger partial charge in [0.05, 0.1) is 12.7 Å². The molecule has 0 unspecified atom stereocenters. The van der Waals surface area contributed by atoms with Crippen LogP contribution in [0.1, 0.15) is 28.9 Å². The highest BCUT2D eigenvalue weighted by Crippen LogP contribution is 2.43. The van der Waals surface area contributed by atoms with Crippen LogP contribution < -0.4 is 9.47 Å². The summed E-state index contributed by atoms with van der Waals surface area (Å²) in [6, 6.07) is 5.64. The van der Waals surface area contributed by atoms with Gasteiger partial charge in [0.2, 0.25) is 12.1 Å². The van der Waals surface area contributed by atoms with Gasteiger partial charge in [0, 0.05) is 12.1 Å². The van der Waals surface area contributed by atoms with Crippen molar-refractivity contribution in [1.29, 1.82) is 0 Å². The van der Waals surface area contributed by atoms with E-state index in [9.17, 15) is 55.9 Å². The van der Waals surface area contributed by atoms with Crippen molar-refractivity contribution in [3.63, 3.8) is 0 Å². The average molecular weight is 613 g/mol. The summed E-state index contributed by atoms with van der Waals surface area (Å²) in [5.41, 5.74) is -0.249. The molecule has 3 aliphatic heterocycles. The highest BCUT2D eigenvalue weighted by Gasteiger charge is 2.48. The molecule has 0 spiro atoms. The summed E-state index contributed by atoms with van der Waals surface area (Å²) in [7, 11) is 0. The Balaban J connectivity index is 1.33. The first kappa shape index (κ1) is 31.1. The van der Waals surface area contributed by atoms with Gasteiger partial charge in [0.25, 0.3) is 0 Å². The maximum Gasteiger partial charge on any atom is 0.229 e. The predicted molar refractivity (Wildman–Crippen MR) is 137 cm³/mol. The molecule has 236 valence electrons. The first-order chi connectivity index (χ1) is 20.3. The minimum absolute atomic E-state index is 0.127. The number of phenolic OH excluding ortho intramolecular Hbond substituents is 3. The SMILES string of the molecule is C[C@H]1O[C@H](OC[C@H]2O[C@@H](Oc3cc(O)c4c(c3)O[C@@H](c3ccc(O)c(O)c3)[C@H](O)C4=O)[C@H](O)[C@@H](O)[C@@H]2O)[C@@H](O)[C@H](O)[C@@H]1O. The van der Waals surface area contributed by atoms with Crippen LogP contribution in [0.2, 0.25) is 0 Å². The molecule has 2 aromatic carbocycles. The lowest BCUT2D eigenvalue weighted by Crippen LogP contribution is -2.61. The van der Waals surface area contributed by atoms with Crippen molar-refractivity contribution in [2.24, 2.45) is 0 Å². The summed E-state index contributed by atoms with van der Waals surface area (Å²) < 4.78 is 27.7. The lowest BCUT2D eigenvalue weighted by molar-refractivity contribution is -0.318. The molecule has 0 bridgehead atoms. The number of ketones is 1. The quantitative estimate of drug-likeness (QED) is 0.151. The number of carbonyl (C=O) groups is 1. The van der Waals surface area contributed by atoms with Gasteiger partial charge in [0.1, 0.15) is 65.5 Å². The van der Waals surface area contributed by atoms with Crippen LogP contribution in [0.15, 0.2) is 30.3 Å². The molecule has 3 aliphatic rings. The van der Waals surface area contributed by atoms with Crippen molar-refractivity contribution in [2.75, 3.05) is 6.61 Å². The van der Waals surface area contributed by atoms with Gasteiger partial charge in [0.15, 0.2) is 30.0 Å². The van der Waals surface area contributed by atoms with Crippen molar-refractivity contribution >= 4 is 5.78 Å². The predicted octanol–water partition coefficient (Wildman–Crippen LogP) is -2.49. The Morgan fingerprint density at radius 3 is 2.12 bits per heavy atom. The molecule has 0 saturated carbocycles. The van der Waals surface area contributed by atoms with E-state index in [0.717, 1.165) is 24.3 Å². The molecule has 16 heteroatoms. The van der Waals surface area contributed by atoms with Crippen LogP contribution in [0.4, 0.5) is 0 Å². The van der Waals surface area contributed by atoms with Gasteiger partial charge in [-0.3, -0.25) is 4.79 Å². The third kappa shape index (κ3) is 5.82. The molecule has 0 aromatic heterocycles. The first-order valence-corrected chi connectivity index (χ1v) is 13.2. The Labute approximate surface area is 243 Å². The molecule has 10 N–H and O–H groups in total. The monoisotopic (exact) mass is 612 g/mol. The summed E-state index contributed by atoms with van der Waals surface area (Å²) in [6.07, 6.45) is -18.5. The van der Waals surface area contributed by atoms with Gasteiger partial charge in [-0.2, -0.15) is 0 Å². The molecule has 2 fully saturated rings. The molecule has 16 nitrogen and oxygen atoms in total. The molecule has 2 saturated heterocycles. The van der Waals surface area contributed by atoms with E-state index in [0.29, 0.717) is 0 Å². The Morgan fingerprint density at radius 2 is 1.42 bits per heavy atom. The smallest absolute Gasteiger partial charge is 0.229 e. The van der Waals surface area contributed by atoms with Crippen LogP contribution in [0.3, 0.4) is 0 Å². The number of fused-ring (bicyclic) bond motifs is 1. The van der Waals surface area contributed by atoms with Crippen molar-refractivity contribution < 1.29 is 79.5 Å². The number of Topliss-reactive ketones (excluding diaryl/α,β-unsaturated/α-hetero) is 1. The maximum absolute atomic E-state index is 12.9. The number of carbonyl (C=O) groups excluding carboxylic acids is 1. The zero-order valence-corrected chi connectivity index (χ0v) is 22.4. The molecular formula is C27H32O16. The molecule has 12 atom stereocenters. The second-order valence-electron chi connectivity index (χ2n) is 10.6. The van der Waals surface area contributed by atoms with Gasteiger partial charge in [-0.1, -0.05) is 6.07 Å². The molecule has 5 rings (SSSR count). The summed E-state index contributed by atoms with van der Waals surface area (Å²) in [5, 5.41) is 102. The highest BCUT2D eigenvalue weighted by atomic mass is 16.7. The van der Waals surface area contributed by atoms with E-state index in [4.69, 9.17) is 23.7 Å². The summed E-state index contributed by atoms with van der Waals surface area (Å²) in [6.45, 7) is 0.906. The van der Waals surface area contributed by atoms with Gasteiger partial charge >= 0.3 is 0 Å². The van der Waals surface area contributed by atoms with Crippen LogP contribution in [0.25, 0.3) is 0 Å². The van der Waals surface area contributed by atoms with Crippen molar-refractivity contribution in [3.05, 3.63) is 41.5 Å². The van der Waals surface area contributed by atoms with E-state index in [1.54, 1.807) is 0 Å².